The zero-order chi connectivity index (χ0) is 21.0. The molecule has 3 aromatic heterocycles. The fourth-order valence-electron chi connectivity index (χ4n) is 4.31. The van der Waals surface area contributed by atoms with Gasteiger partial charge in [-0.15, -0.1) is 0 Å². The van der Waals surface area contributed by atoms with E-state index in [1.807, 2.05) is 36.3 Å². The van der Waals surface area contributed by atoms with Crippen LogP contribution in [0.25, 0.3) is 33.2 Å². The summed E-state index contributed by atoms with van der Waals surface area (Å²) in [5, 5.41) is 8.98. The number of allylic oxidation sites excluding steroid dienone is 1. The number of hydrogen-bond donors (Lipinski definition) is 1. The Balaban J connectivity index is 1.58. The largest absolute Gasteiger partial charge is 0.473 e. The van der Waals surface area contributed by atoms with Crippen LogP contribution in [0.15, 0.2) is 42.9 Å². The van der Waals surface area contributed by atoms with Crippen LogP contribution in [0.3, 0.4) is 0 Å². The van der Waals surface area contributed by atoms with E-state index in [0.717, 1.165) is 57.6 Å². The lowest BCUT2D eigenvalue weighted by atomic mass is 10.0. The molecule has 4 heterocycles. The van der Waals surface area contributed by atoms with E-state index in [4.69, 9.17) is 9.72 Å². The van der Waals surface area contributed by atoms with Gasteiger partial charge >= 0.3 is 0 Å². The highest BCUT2D eigenvalue weighted by Gasteiger charge is 2.26. The van der Waals surface area contributed by atoms with E-state index in [0.29, 0.717) is 11.8 Å². The molecule has 0 aliphatic carbocycles. The number of fused-ring (bicyclic) bond motifs is 2. The first kappa shape index (κ1) is 18.7. The van der Waals surface area contributed by atoms with E-state index in [-0.39, 0.29) is 6.10 Å². The predicted octanol–water partition coefficient (Wildman–Crippen LogP) is 3.72. The number of aromatic nitrogens is 5. The summed E-state index contributed by atoms with van der Waals surface area (Å²) in [6.45, 7) is 9.05. The van der Waals surface area contributed by atoms with Crippen LogP contribution in [0.2, 0.25) is 0 Å². The number of nitrogens with one attached hydrogen (secondary N) is 1. The van der Waals surface area contributed by atoms with Crippen LogP contribution in [0.1, 0.15) is 19.0 Å². The molecule has 0 spiro atoms. The van der Waals surface area contributed by atoms with Crippen molar-refractivity contribution < 1.29 is 4.74 Å². The summed E-state index contributed by atoms with van der Waals surface area (Å²) >= 11 is 0. The topological polar surface area (TPSA) is 69.8 Å². The molecule has 0 saturated carbocycles. The molecule has 154 valence electrons. The molecule has 2 atom stereocenters. The lowest BCUT2D eigenvalue weighted by Gasteiger charge is -2.20. The van der Waals surface area contributed by atoms with E-state index in [1.165, 1.54) is 0 Å². The molecule has 0 amide bonds. The van der Waals surface area contributed by atoms with Gasteiger partial charge in [0.05, 0.1) is 28.7 Å². The Morgan fingerprint density at radius 1 is 1.27 bits per heavy atom. The fraction of sp³-hybridized carbons (Fsp3) is 0.348. The summed E-state index contributed by atoms with van der Waals surface area (Å²) < 4.78 is 10.3. The molecule has 1 aliphatic heterocycles. The van der Waals surface area contributed by atoms with Crippen LogP contribution >= 0.6 is 0 Å². The first-order chi connectivity index (χ1) is 14.4. The number of imidazole rings is 1. The average molecular weight is 403 g/mol. The second-order valence-corrected chi connectivity index (χ2v) is 8.25. The van der Waals surface area contributed by atoms with Gasteiger partial charge in [-0.1, -0.05) is 12.6 Å². The van der Waals surface area contributed by atoms with Crippen molar-refractivity contribution in [2.75, 3.05) is 6.54 Å². The highest BCUT2D eigenvalue weighted by atomic mass is 16.5. The van der Waals surface area contributed by atoms with Gasteiger partial charge in [-0.05, 0) is 38.5 Å². The van der Waals surface area contributed by atoms with Crippen LogP contribution in [0.5, 0.6) is 5.88 Å². The quantitative estimate of drug-likeness (QED) is 0.563. The Morgan fingerprint density at radius 3 is 2.87 bits per heavy atom. The number of nitrogens with zero attached hydrogens (tertiary/aromatic N) is 5. The third kappa shape index (κ3) is 3.01. The first-order valence-corrected chi connectivity index (χ1v) is 10.2. The maximum atomic E-state index is 6.41. The fourth-order valence-corrected chi connectivity index (χ4v) is 4.31. The van der Waals surface area contributed by atoms with Crippen LogP contribution in [0, 0.1) is 12.8 Å². The van der Waals surface area contributed by atoms with Crippen molar-refractivity contribution in [3.63, 3.8) is 0 Å². The van der Waals surface area contributed by atoms with E-state index in [9.17, 15) is 0 Å². The monoisotopic (exact) mass is 402 g/mol. The molecule has 1 aliphatic rings. The SMILES string of the molecule is C=C1C[C@@H]([C@@H](C)Oc2nc(-c3ccc4c(c3)c(C)nn4C)cc3ncn(C)c23)CN1. The highest BCUT2D eigenvalue weighted by molar-refractivity contribution is 5.89. The Kier molecular flexibility index (Phi) is 4.27. The number of benzene rings is 1. The smallest absolute Gasteiger partial charge is 0.241 e. The molecular formula is C23H26N6O. The minimum atomic E-state index is 0.0145. The molecule has 1 N–H and O–H groups in total. The van der Waals surface area contributed by atoms with Gasteiger partial charge in [0, 0.05) is 43.2 Å². The van der Waals surface area contributed by atoms with Gasteiger partial charge in [0.15, 0.2) is 0 Å². The van der Waals surface area contributed by atoms with Crippen molar-refractivity contribution in [2.45, 2.75) is 26.4 Å². The zero-order valence-corrected chi connectivity index (χ0v) is 17.8. The molecule has 1 fully saturated rings. The standard InChI is InChI=1S/C23H26N6O/c1-13-8-17(11-24-13)15(3)30-23-22-20(25-12-28(22)4)10-19(26-23)16-6-7-21-18(9-16)14(2)27-29(21)5/h6-7,9-10,12,15,17,24H,1,8,11H2,2-5H3/t15-,17-/m1/s1. The number of ether oxygens (including phenoxy) is 1. The summed E-state index contributed by atoms with van der Waals surface area (Å²) in [7, 11) is 3.94. The van der Waals surface area contributed by atoms with Gasteiger partial charge in [-0.25, -0.2) is 9.97 Å². The predicted molar refractivity (Wildman–Crippen MR) is 118 cm³/mol. The summed E-state index contributed by atoms with van der Waals surface area (Å²) in [6.07, 6.45) is 2.74. The average Bonchev–Trinajstić information content (AvgIpc) is 3.40. The third-order valence-electron chi connectivity index (χ3n) is 6.08. The summed E-state index contributed by atoms with van der Waals surface area (Å²) in [4.78, 5) is 9.49. The molecular weight excluding hydrogens is 376 g/mol. The number of hydrogen-bond acceptors (Lipinski definition) is 5. The maximum Gasteiger partial charge on any atom is 0.241 e. The van der Waals surface area contributed by atoms with Crippen molar-refractivity contribution in [1.82, 2.24) is 29.6 Å². The van der Waals surface area contributed by atoms with Crippen molar-refractivity contribution >= 4 is 21.9 Å². The van der Waals surface area contributed by atoms with Crippen molar-refractivity contribution in [2.24, 2.45) is 20.0 Å². The molecule has 7 heteroatoms. The number of rotatable bonds is 4. The van der Waals surface area contributed by atoms with Gasteiger partial charge < -0.3 is 14.6 Å². The number of pyridine rings is 1. The van der Waals surface area contributed by atoms with E-state index in [2.05, 4.69) is 47.1 Å². The lowest BCUT2D eigenvalue weighted by molar-refractivity contribution is 0.157. The van der Waals surface area contributed by atoms with E-state index in [1.54, 1.807) is 6.33 Å². The van der Waals surface area contributed by atoms with Gasteiger partial charge in [-0.3, -0.25) is 4.68 Å². The van der Waals surface area contributed by atoms with E-state index >= 15 is 0 Å². The highest BCUT2D eigenvalue weighted by Crippen LogP contribution is 2.32. The lowest BCUT2D eigenvalue weighted by Crippen LogP contribution is -2.26. The molecule has 0 bridgehead atoms. The van der Waals surface area contributed by atoms with Crippen LogP contribution < -0.4 is 10.1 Å². The van der Waals surface area contributed by atoms with Crippen molar-refractivity contribution in [3.05, 3.63) is 48.6 Å². The van der Waals surface area contributed by atoms with Gasteiger partial charge in [-0.2, -0.15) is 5.10 Å². The Morgan fingerprint density at radius 2 is 2.10 bits per heavy atom. The molecule has 5 rings (SSSR count). The Labute approximate surface area is 175 Å². The van der Waals surface area contributed by atoms with Gasteiger partial charge in [0.1, 0.15) is 11.6 Å². The molecule has 0 radical (unpaired) electrons. The Bertz CT molecular complexity index is 1280. The molecule has 1 saturated heterocycles. The molecule has 1 aromatic carbocycles. The molecule has 30 heavy (non-hydrogen) atoms. The molecule has 4 aromatic rings. The van der Waals surface area contributed by atoms with Gasteiger partial charge in [0.25, 0.3) is 0 Å². The maximum absolute atomic E-state index is 6.41. The summed E-state index contributed by atoms with van der Waals surface area (Å²) in [5.74, 6) is 0.996. The Hall–Kier alpha value is -3.35. The van der Waals surface area contributed by atoms with Crippen LogP contribution in [-0.4, -0.2) is 37.0 Å². The molecule has 7 nitrogen and oxygen atoms in total. The molecule has 0 unspecified atom stereocenters. The minimum absolute atomic E-state index is 0.0145. The zero-order valence-electron chi connectivity index (χ0n) is 17.8. The second-order valence-electron chi connectivity index (χ2n) is 8.25. The van der Waals surface area contributed by atoms with Crippen molar-refractivity contribution in [1.29, 1.82) is 0 Å². The normalized spacial score (nSPS) is 17.6. The minimum Gasteiger partial charge on any atom is -0.473 e. The second kappa shape index (κ2) is 6.86. The van der Waals surface area contributed by atoms with Crippen molar-refractivity contribution in [3.8, 4) is 17.1 Å². The summed E-state index contributed by atoms with van der Waals surface area (Å²) in [5.41, 5.74) is 6.85. The van der Waals surface area contributed by atoms with E-state index < -0.39 is 0 Å². The number of aryl methyl sites for hydroxylation is 3. The summed E-state index contributed by atoms with van der Waals surface area (Å²) in [6, 6.07) is 8.35. The van der Waals surface area contributed by atoms with Gasteiger partial charge in [0.2, 0.25) is 5.88 Å². The van der Waals surface area contributed by atoms with Crippen LogP contribution in [0.4, 0.5) is 0 Å². The van der Waals surface area contributed by atoms with Crippen LogP contribution in [-0.2, 0) is 14.1 Å². The third-order valence-corrected chi connectivity index (χ3v) is 6.08. The first-order valence-electron chi connectivity index (χ1n) is 10.2.